The maximum Gasteiger partial charge on any atom is 0.269 e. The van der Waals surface area contributed by atoms with Gasteiger partial charge in [0.25, 0.3) is 5.69 Å². The number of nitro groups is 1. The van der Waals surface area contributed by atoms with Crippen molar-refractivity contribution in [3.05, 3.63) is 64.2 Å². The van der Waals surface area contributed by atoms with Crippen molar-refractivity contribution in [2.45, 2.75) is 25.3 Å². The molecule has 2 atom stereocenters. The van der Waals surface area contributed by atoms with Crippen LogP contribution in [0.1, 0.15) is 18.4 Å². The predicted molar refractivity (Wildman–Crippen MR) is 126 cm³/mol. The summed E-state index contributed by atoms with van der Waals surface area (Å²) < 4.78 is 5.88. The number of benzene rings is 2. The average Bonchev–Trinajstić information content (AvgIpc) is 3.67. The van der Waals surface area contributed by atoms with E-state index < -0.39 is 0 Å². The lowest BCUT2D eigenvalue weighted by Gasteiger charge is -2.49. The van der Waals surface area contributed by atoms with Crippen LogP contribution in [0.3, 0.4) is 0 Å². The Morgan fingerprint density at radius 3 is 2.73 bits per heavy atom. The zero-order chi connectivity index (χ0) is 22.8. The molecular formula is C25H30N4O4. The van der Waals surface area contributed by atoms with Crippen LogP contribution in [0, 0.1) is 22.0 Å². The molecule has 1 N–H and O–H groups in total. The number of amides is 1. The van der Waals surface area contributed by atoms with Gasteiger partial charge in [0, 0.05) is 50.5 Å². The molecule has 0 radical (unpaired) electrons. The van der Waals surface area contributed by atoms with Crippen LogP contribution in [0.2, 0.25) is 0 Å². The van der Waals surface area contributed by atoms with E-state index in [1.54, 1.807) is 12.1 Å². The van der Waals surface area contributed by atoms with Crippen LogP contribution in [0.25, 0.3) is 0 Å². The van der Waals surface area contributed by atoms with Crippen molar-refractivity contribution in [2.24, 2.45) is 11.8 Å². The van der Waals surface area contributed by atoms with Crippen LogP contribution in [0.4, 0.5) is 11.4 Å². The number of fused-ring (bicyclic) bond motifs is 3. The van der Waals surface area contributed by atoms with E-state index in [2.05, 4.69) is 15.1 Å². The molecule has 1 saturated heterocycles. The molecule has 33 heavy (non-hydrogen) atoms. The number of hydrogen-bond donors (Lipinski definition) is 1. The fourth-order valence-corrected chi connectivity index (χ4v) is 4.99. The highest BCUT2D eigenvalue weighted by Gasteiger charge is 2.42. The minimum absolute atomic E-state index is 0.0450. The van der Waals surface area contributed by atoms with Crippen molar-refractivity contribution in [2.75, 3.05) is 44.2 Å². The minimum atomic E-state index is -0.362. The number of para-hydroxylation sites is 1. The predicted octanol–water partition coefficient (Wildman–Crippen LogP) is 2.86. The van der Waals surface area contributed by atoms with Gasteiger partial charge >= 0.3 is 0 Å². The third-order valence-corrected chi connectivity index (χ3v) is 7.01. The van der Waals surface area contributed by atoms with Gasteiger partial charge in [-0.3, -0.25) is 19.8 Å². The second-order valence-corrected chi connectivity index (χ2v) is 9.29. The molecular weight excluding hydrogens is 420 g/mol. The first-order valence-corrected chi connectivity index (χ1v) is 11.8. The number of nitrogens with zero attached hydrogens (tertiary/aromatic N) is 3. The number of carbonyl (C=O) groups excluding carboxylic acids is 1. The molecule has 0 aromatic heterocycles. The Labute approximate surface area is 193 Å². The molecule has 1 aliphatic carbocycles. The molecule has 0 bridgehead atoms. The average molecular weight is 451 g/mol. The largest absolute Gasteiger partial charge is 0.492 e. The van der Waals surface area contributed by atoms with Crippen molar-refractivity contribution < 1.29 is 14.5 Å². The number of ether oxygens (including phenoxy) is 1. The summed E-state index contributed by atoms with van der Waals surface area (Å²) in [4.78, 5) is 28.8. The van der Waals surface area contributed by atoms with E-state index in [0.717, 1.165) is 49.7 Å². The van der Waals surface area contributed by atoms with E-state index in [9.17, 15) is 14.9 Å². The Balaban J connectivity index is 1.30. The first kappa shape index (κ1) is 21.7. The molecule has 0 spiro atoms. The molecule has 8 nitrogen and oxygen atoms in total. The zero-order valence-electron chi connectivity index (χ0n) is 18.7. The molecule has 2 aliphatic heterocycles. The highest BCUT2D eigenvalue weighted by molar-refractivity contribution is 5.82. The smallest absolute Gasteiger partial charge is 0.269 e. The third-order valence-electron chi connectivity index (χ3n) is 7.01. The summed E-state index contributed by atoms with van der Waals surface area (Å²) in [7, 11) is 0. The quantitative estimate of drug-likeness (QED) is 0.492. The molecule has 2 heterocycles. The van der Waals surface area contributed by atoms with E-state index in [1.807, 2.05) is 36.4 Å². The summed E-state index contributed by atoms with van der Waals surface area (Å²) in [5, 5.41) is 14.5. The monoisotopic (exact) mass is 450 g/mol. The molecule has 2 unspecified atom stereocenters. The van der Waals surface area contributed by atoms with Gasteiger partial charge in [-0.1, -0.05) is 18.2 Å². The number of piperazine rings is 1. The van der Waals surface area contributed by atoms with Crippen LogP contribution in [-0.4, -0.2) is 61.1 Å². The fourth-order valence-electron chi connectivity index (χ4n) is 4.99. The van der Waals surface area contributed by atoms with Gasteiger partial charge in [0.05, 0.1) is 16.9 Å². The summed E-state index contributed by atoms with van der Waals surface area (Å²) in [6.45, 7) is 4.55. The highest BCUT2D eigenvalue weighted by atomic mass is 16.6. The summed E-state index contributed by atoms with van der Waals surface area (Å²) in [6, 6.07) is 14.9. The van der Waals surface area contributed by atoms with Crippen molar-refractivity contribution in [3.8, 4) is 5.75 Å². The van der Waals surface area contributed by atoms with E-state index in [0.29, 0.717) is 18.9 Å². The number of rotatable bonds is 8. The Morgan fingerprint density at radius 2 is 1.97 bits per heavy atom. The standard InChI is InChI=1S/C25H30N4O4/c30-25(26-16-18-6-7-18)22-15-19-14-20(29(31)32)8-9-23(19)28-11-10-27(17-24(22)28)12-13-33-21-4-2-1-3-5-21/h1-5,8-9,14,18,22,24H,6-7,10-13,15-17H2,(H,26,30). The van der Waals surface area contributed by atoms with Crippen molar-refractivity contribution in [1.82, 2.24) is 10.2 Å². The van der Waals surface area contributed by atoms with E-state index in [1.165, 1.54) is 12.8 Å². The van der Waals surface area contributed by atoms with Gasteiger partial charge in [0.1, 0.15) is 12.4 Å². The highest BCUT2D eigenvalue weighted by Crippen LogP contribution is 2.38. The van der Waals surface area contributed by atoms with Crippen LogP contribution in [-0.2, 0) is 11.2 Å². The van der Waals surface area contributed by atoms with Gasteiger partial charge < -0.3 is 15.0 Å². The maximum absolute atomic E-state index is 13.2. The van der Waals surface area contributed by atoms with Crippen LogP contribution in [0.5, 0.6) is 5.75 Å². The summed E-state index contributed by atoms with van der Waals surface area (Å²) in [6.07, 6.45) is 2.90. The molecule has 2 aromatic carbocycles. The molecule has 1 amide bonds. The molecule has 5 rings (SSSR count). The van der Waals surface area contributed by atoms with Crippen molar-refractivity contribution in [3.63, 3.8) is 0 Å². The van der Waals surface area contributed by atoms with Crippen molar-refractivity contribution >= 4 is 17.3 Å². The molecule has 3 aliphatic rings. The molecule has 2 fully saturated rings. The first-order chi connectivity index (χ1) is 16.1. The van der Waals surface area contributed by atoms with E-state index in [-0.39, 0.29) is 28.5 Å². The lowest BCUT2D eigenvalue weighted by molar-refractivity contribution is -0.384. The number of carbonyl (C=O) groups is 1. The maximum atomic E-state index is 13.2. The van der Waals surface area contributed by atoms with Crippen molar-refractivity contribution in [1.29, 1.82) is 0 Å². The molecule has 1 saturated carbocycles. The fraction of sp³-hybridized carbons (Fsp3) is 0.480. The summed E-state index contributed by atoms with van der Waals surface area (Å²) >= 11 is 0. The van der Waals surface area contributed by atoms with Gasteiger partial charge in [-0.15, -0.1) is 0 Å². The van der Waals surface area contributed by atoms with Crippen LogP contribution >= 0.6 is 0 Å². The lowest BCUT2D eigenvalue weighted by atomic mass is 9.83. The zero-order valence-corrected chi connectivity index (χ0v) is 18.7. The second-order valence-electron chi connectivity index (χ2n) is 9.29. The minimum Gasteiger partial charge on any atom is -0.492 e. The van der Waals surface area contributed by atoms with E-state index in [4.69, 9.17) is 4.74 Å². The first-order valence-electron chi connectivity index (χ1n) is 11.8. The molecule has 174 valence electrons. The van der Waals surface area contributed by atoms with E-state index >= 15 is 0 Å². The van der Waals surface area contributed by atoms with Gasteiger partial charge in [0.15, 0.2) is 0 Å². The Morgan fingerprint density at radius 1 is 1.15 bits per heavy atom. The van der Waals surface area contributed by atoms with Gasteiger partial charge in [0.2, 0.25) is 5.91 Å². The Kier molecular flexibility index (Phi) is 6.17. The molecule has 2 aromatic rings. The Bertz CT molecular complexity index is 1010. The van der Waals surface area contributed by atoms with Gasteiger partial charge in [-0.05, 0) is 48.9 Å². The topological polar surface area (TPSA) is 87.9 Å². The number of nitro benzene ring substituents is 1. The normalized spacial score (nSPS) is 22.2. The Hall–Kier alpha value is -3.13. The SMILES string of the molecule is O=C(NCC1CC1)C1Cc2cc([N+](=O)[O-])ccc2N2CCN(CCOc3ccccc3)CC12. The van der Waals surface area contributed by atoms with Gasteiger partial charge in [-0.25, -0.2) is 0 Å². The number of hydrogen-bond acceptors (Lipinski definition) is 6. The number of non-ortho nitro benzene ring substituents is 1. The summed E-state index contributed by atoms with van der Waals surface area (Å²) in [5.74, 6) is 1.31. The third kappa shape index (κ3) is 4.95. The second kappa shape index (κ2) is 9.39. The van der Waals surface area contributed by atoms with Gasteiger partial charge in [-0.2, -0.15) is 0 Å². The van der Waals surface area contributed by atoms with Crippen LogP contribution < -0.4 is 15.0 Å². The molecule has 8 heteroatoms. The van der Waals surface area contributed by atoms with Crippen LogP contribution in [0.15, 0.2) is 48.5 Å². The number of nitrogens with one attached hydrogen (secondary N) is 1. The summed E-state index contributed by atoms with van der Waals surface area (Å²) in [5.41, 5.74) is 2.01. The lowest BCUT2D eigenvalue weighted by Crippen LogP contribution is -2.61. The number of anilines is 1.